The number of carbonyl (C=O) groups excluding carboxylic acids is 2. The van der Waals surface area contributed by atoms with E-state index in [9.17, 15) is 9.59 Å². The van der Waals surface area contributed by atoms with Crippen LogP contribution in [0.15, 0.2) is 48.5 Å². The molecule has 1 atom stereocenters. The van der Waals surface area contributed by atoms with E-state index in [1.165, 1.54) is 5.56 Å². The number of amides is 3. The van der Waals surface area contributed by atoms with E-state index in [-0.39, 0.29) is 18.0 Å². The normalized spacial score (nSPS) is 19.4. The van der Waals surface area contributed by atoms with E-state index < -0.39 is 0 Å². The van der Waals surface area contributed by atoms with E-state index in [1.807, 2.05) is 49.4 Å². The Kier molecular flexibility index (Phi) is 4.37. The predicted octanol–water partition coefficient (Wildman–Crippen LogP) is 3.26. The molecule has 2 aromatic rings. The van der Waals surface area contributed by atoms with Crippen molar-refractivity contribution >= 4 is 23.3 Å². The number of nitrogens with zero attached hydrogens (tertiary/aromatic N) is 2. The highest BCUT2D eigenvalue weighted by molar-refractivity contribution is 5.98. The minimum atomic E-state index is -0.162. The Morgan fingerprint density at radius 3 is 2.69 bits per heavy atom. The van der Waals surface area contributed by atoms with Crippen LogP contribution >= 0.6 is 0 Å². The molecule has 3 amide bonds. The summed E-state index contributed by atoms with van der Waals surface area (Å²) in [6, 6.07) is 15.7. The summed E-state index contributed by atoms with van der Waals surface area (Å²) in [7, 11) is 0. The number of urea groups is 1. The van der Waals surface area contributed by atoms with Crippen molar-refractivity contribution in [3.63, 3.8) is 0 Å². The third-order valence-corrected chi connectivity index (χ3v) is 5.15. The summed E-state index contributed by atoms with van der Waals surface area (Å²) in [5, 5.41) is 3.06. The van der Waals surface area contributed by atoms with E-state index in [2.05, 4.69) is 11.4 Å². The van der Waals surface area contributed by atoms with Gasteiger partial charge in [0.1, 0.15) is 0 Å². The second kappa shape index (κ2) is 6.83. The molecule has 2 aliphatic rings. The molecule has 5 nitrogen and oxygen atoms in total. The largest absolute Gasteiger partial charge is 0.333 e. The Morgan fingerprint density at radius 1 is 1.12 bits per heavy atom. The van der Waals surface area contributed by atoms with Crippen molar-refractivity contribution in [2.45, 2.75) is 32.2 Å². The molecule has 134 valence electrons. The monoisotopic (exact) mass is 349 g/mol. The number of nitrogens with one attached hydrogen (secondary N) is 1. The molecule has 1 saturated heterocycles. The van der Waals surface area contributed by atoms with E-state index >= 15 is 0 Å². The molecule has 4 rings (SSSR count). The fourth-order valence-electron chi connectivity index (χ4n) is 3.78. The Bertz CT molecular complexity index is 831. The smallest absolute Gasteiger partial charge is 0.322 e. The van der Waals surface area contributed by atoms with E-state index in [1.54, 1.807) is 9.80 Å². The zero-order valence-corrected chi connectivity index (χ0v) is 14.9. The number of anilines is 2. The summed E-state index contributed by atoms with van der Waals surface area (Å²) in [4.78, 5) is 28.7. The SMILES string of the molecule is Cc1ccc(N2C[C@@H](NC(=O)N3CCCc4ccccc43)CC2=O)cc1. The number of fused-ring (bicyclic) bond motifs is 1. The van der Waals surface area contributed by atoms with Gasteiger partial charge in [0, 0.05) is 30.9 Å². The zero-order chi connectivity index (χ0) is 18.1. The van der Waals surface area contributed by atoms with Crippen LogP contribution in [0.2, 0.25) is 0 Å². The van der Waals surface area contributed by atoms with E-state index in [4.69, 9.17) is 0 Å². The summed E-state index contributed by atoms with van der Waals surface area (Å²) in [5.41, 5.74) is 4.24. The lowest BCUT2D eigenvalue weighted by Gasteiger charge is -2.30. The van der Waals surface area contributed by atoms with E-state index in [0.717, 1.165) is 29.8 Å². The third kappa shape index (κ3) is 3.17. The number of hydrogen-bond donors (Lipinski definition) is 1. The Labute approximate surface area is 153 Å². The molecule has 5 heteroatoms. The molecule has 0 aromatic heterocycles. The lowest BCUT2D eigenvalue weighted by Crippen LogP contribution is -2.47. The van der Waals surface area contributed by atoms with Crippen LogP contribution in [-0.2, 0) is 11.2 Å². The lowest BCUT2D eigenvalue weighted by molar-refractivity contribution is -0.117. The van der Waals surface area contributed by atoms with Crippen LogP contribution < -0.4 is 15.1 Å². The van der Waals surface area contributed by atoms with Gasteiger partial charge in [-0.25, -0.2) is 4.79 Å². The maximum atomic E-state index is 12.8. The molecule has 0 radical (unpaired) electrons. The van der Waals surface area contributed by atoms with Crippen LogP contribution in [0, 0.1) is 6.92 Å². The molecule has 0 unspecified atom stereocenters. The van der Waals surface area contributed by atoms with Gasteiger partial charge in [-0.3, -0.25) is 9.69 Å². The number of benzene rings is 2. The first-order chi connectivity index (χ1) is 12.6. The van der Waals surface area contributed by atoms with Crippen molar-refractivity contribution in [2.24, 2.45) is 0 Å². The maximum absolute atomic E-state index is 12.8. The van der Waals surface area contributed by atoms with Gasteiger partial charge in [-0.05, 0) is 43.5 Å². The average molecular weight is 349 g/mol. The van der Waals surface area contributed by atoms with E-state index in [0.29, 0.717) is 19.5 Å². The first-order valence-electron chi connectivity index (χ1n) is 9.15. The van der Waals surface area contributed by atoms with Crippen LogP contribution in [0.1, 0.15) is 24.0 Å². The Morgan fingerprint density at radius 2 is 1.88 bits per heavy atom. The Balaban J connectivity index is 1.45. The molecule has 2 aromatic carbocycles. The van der Waals surface area contributed by atoms with Gasteiger partial charge < -0.3 is 10.2 Å². The summed E-state index contributed by atoms with van der Waals surface area (Å²) >= 11 is 0. The molecular formula is C21H23N3O2. The number of aryl methyl sites for hydroxylation is 2. The molecule has 2 aliphatic heterocycles. The lowest BCUT2D eigenvalue weighted by atomic mass is 10.0. The number of para-hydroxylation sites is 1. The third-order valence-electron chi connectivity index (χ3n) is 5.15. The van der Waals surface area contributed by atoms with Crippen molar-refractivity contribution in [3.8, 4) is 0 Å². The molecule has 0 spiro atoms. The fourth-order valence-corrected chi connectivity index (χ4v) is 3.78. The quantitative estimate of drug-likeness (QED) is 0.905. The van der Waals surface area contributed by atoms with Gasteiger partial charge in [-0.15, -0.1) is 0 Å². The standard InChI is InChI=1S/C21H23N3O2/c1-15-8-10-18(11-9-15)24-14-17(13-20(24)25)22-21(26)23-12-4-6-16-5-2-3-7-19(16)23/h2-3,5,7-11,17H,4,6,12-14H2,1H3,(H,22,26)/t17-/m0/s1. The number of rotatable bonds is 2. The zero-order valence-electron chi connectivity index (χ0n) is 14.9. The summed E-state index contributed by atoms with van der Waals surface area (Å²) in [5.74, 6) is 0.0539. The van der Waals surface area contributed by atoms with Crippen molar-refractivity contribution < 1.29 is 9.59 Å². The van der Waals surface area contributed by atoms with Gasteiger partial charge in [-0.1, -0.05) is 35.9 Å². The maximum Gasteiger partial charge on any atom is 0.322 e. The fraction of sp³-hybridized carbons (Fsp3) is 0.333. The van der Waals surface area contributed by atoms with Crippen LogP contribution in [-0.4, -0.2) is 31.1 Å². The molecule has 1 fully saturated rings. The van der Waals surface area contributed by atoms with Crippen LogP contribution in [0.3, 0.4) is 0 Å². The van der Waals surface area contributed by atoms with Gasteiger partial charge >= 0.3 is 6.03 Å². The second-order valence-corrected chi connectivity index (χ2v) is 7.07. The molecule has 0 bridgehead atoms. The van der Waals surface area contributed by atoms with Gasteiger partial charge in [-0.2, -0.15) is 0 Å². The first kappa shape index (κ1) is 16.6. The van der Waals surface area contributed by atoms with Crippen LogP contribution in [0.5, 0.6) is 0 Å². The molecule has 26 heavy (non-hydrogen) atoms. The van der Waals surface area contributed by atoms with Gasteiger partial charge in [0.15, 0.2) is 0 Å². The molecule has 0 saturated carbocycles. The summed E-state index contributed by atoms with van der Waals surface area (Å²) < 4.78 is 0. The second-order valence-electron chi connectivity index (χ2n) is 7.07. The van der Waals surface area contributed by atoms with Crippen molar-refractivity contribution in [1.29, 1.82) is 0 Å². The highest BCUT2D eigenvalue weighted by Crippen LogP contribution is 2.27. The van der Waals surface area contributed by atoms with Crippen molar-refractivity contribution in [3.05, 3.63) is 59.7 Å². The van der Waals surface area contributed by atoms with Gasteiger partial charge in [0.2, 0.25) is 5.91 Å². The number of carbonyl (C=O) groups is 2. The number of hydrogen-bond acceptors (Lipinski definition) is 2. The molecule has 1 N–H and O–H groups in total. The molecule has 0 aliphatic carbocycles. The van der Waals surface area contributed by atoms with Crippen LogP contribution in [0.25, 0.3) is 0 Å². The summed E-state index contributed by atoms with van der Waals surface area (Å²) in [6.07, 6.45) is 2.31. The summed E-state index contributed by atoms with van der Waals surface area (Å²) in [6.45, 7) is 3.25. The van der Waals surface area contributed by atoms with Gasteiger partial charge in [0.05, 0.1) is 6.04 Å². The van der Waals surface area contributed by atoms with Crippen molar-refractivity contribution in [2.75, 3.05) is 22.9 Å². The highest BCUT2D eigenvalue weighted by atomic mass is 16.2. The molecule has 2 heterocycles. The van der Waals surface area contributed by atoms with Gasteiger partial charge in [0.25, 0.3) is 0 Å². The minimum Gasteiger partial charge on any atom is -0.333 e. The van der Waals surface area contributed by atoms with Crippen molar-refractivity contribution in [1.82, 2.24) is 5.32 Å². The highest BCUT2D eigenvalue weighted by Gasteiger charge is 2.33. The topological polar surface area (TPSA) is 52.7 Å². The first-order valence-corrected chi connectivity index (χ1v) is 9.15. The van der Waals surface area contributed by atoms with Crippen LogP contribution in [0.4, 0.5) is 16.2 Å². The Hall–Kier alpha value is -2.82. The molecular weight excluding hydrogens is 326 g/mol. The minimum absolute atomic E-state index is 0.0539. The predicted molar refractivity (Wildman–Crippen MR) is 103 cm³/mol. The average Bonchev–Trinajstić information content (AvgIpc) is 3.02.